The Hall–Kier alpha value is -4.05. The van der Waals surface area contributed by atoms with Crippen molar-refractivity contribution in [2.45, 2.75) is 37.3 Å². The first-order valence-electron chi connectivity index (χ1n) is 12.0. The maximum atomic E-state index is 13.0. The quantitative estimate of drug-likeness (QED) is 0.105. The van der Waals surface area contributed by atoms with E-state index >= 15 is 0 Å². The van der Waals surface area contributed by atoms with Gasteiger partial charge in [-0.15, -0.1) is 19.0 Å². The number of aliphatic imine (C=N–C) groups is 1. The number of nitrogens with zero attached hydrogens (tertiary/aromatic N) is 1. The Kier molecular flexibility index (Phi) is 11.6. The first-order chi connectivity index (χ1) is 17.8. The molecule has 204 valence electrons. The zero-order chi connectivity index (χ0) is 26.8. The number of guanidine groups is 1. The Balaban J connectivity index is 0.00000507. The summed E-state index contributed by atoms with van der Waals surface area (Å²) in [5.74, 6) is -1.37. The molecule has 2 atom stereocenters. The largest absolute Gasteiger partial charge is 0.467 e. The van der Waals surface area contributed by atoms with E-state index in [2.05, 4.69) is 22.2 Å². The summed E-state index contributed by atoms with van der Waals surface area (Å²) in [7, 11) is 1.23. The van der Waals surface area contributed by atoms with Crippen LogP contribution in [0.3, 0.4) is 0 Å². The molecule has 10 nitrogen and oxygen atoms in total. The van der Waals surface area contributed by atoms with E-state index in [4.69, 9.17) is 20.9 Å². The van der Waals surface area contributed by atoms with Crippen molar-refractivity contribution in [3.05, 3.63) is 72.3 Å². The summed E-state index contributed by atoms with van der Waals surface area (Å²) >= 11 is 0. The van der Waals surface area contributed by atoms with Gasteiger partial charge in [-0.1, -0.05) is 54.6 Å². The lowest BCUT2D eigenvalue weighted by atomic mass is 9.98. The van der Waals surface area contributed by atoms with E-state index in [-0.39, 0.29) is 50.3 Å². The number of nitrogens with one attached hydrogen (secondary N) is 2. The van der Waals surface area contributed by atoms with Gasteiger partial charge in [0, 0.05) is 12.5 Å². The van der Waals surface area contributed by atoms with Gasteiger partial charge in [0.25, 0.3) is 0 Å². The summed E-state index contributed by atoms with van der Waals surface area (Å²) in [6.07, 6.45) is 1.54. The minimum atomic E-state index is -0.984. The van der Waals surface area contributed by atoms with Gasteiger partial charge in [0.15, 0.2) is 5.96 Å². The number of alkyl carbamates (subject to hydrolysis) is 1. The molecule has 0 unspecified atom stereocenters. The van der Waals surface area contributed by atoms with Crippen molar-refractivity contribution < 1.29 is 23.9 Å². The molecular weight excluding hydrogens is 510 g/mol. The lowest BCUT2D eigenvalue weighted by Gasteiger charge is -2.22. The molecule has 1 aliphatic carbocycles. The first-order valence-corrected chi connectivity index (χ1v) is 12.0. The number of rotatable bonds is 12. The Bertz CT molecular complexity index is 1120. The predicted octanol–water partition coefficient (Wildman–Crippen LogP) is 2.60. The van der Waals surface area contributed by atoms with E-state index in [1.165, 1.54) is 13.2 Å². The number of esters is 1. The van der Waals surface area contributed by atoms with Gasteiger partial charge in [-0.25, -0.2) is 9.59 Å². The molecule has 0 fully saturated rings. The van der Waals surface area contributed by atoms with Crippen molar-refractivity contribution in [2.75, 3.05) is 20.3 Å². The average Bonchev–Trinajstić information content (AvgIpc) is 3.22. The van der Waals surface area contributed by atoms with Crippen LogP contribution in [-0.4, -0.2) is 56.3 Å². The summed E-state index contributed by atoms with van der Waals surface area (Å²) in [5.41, 5.74) is 15.1. The average molecular weight is 544 g/mol. The minimum Gasteiger partial charge on any atom is -0.467 e. The van der Waals surface area contributed by atoms with Crippen LogP contribution in [0.2, 0.25) is 0 Å². The van der Waals surface area contributed by atoms with Gasteiger partial charge < -0.3 is 31.6 Å². The van der Waals surface area contributed by atoms with Gasteiger partial charge in [-0.3, -0.25) is 9.79 Å². The van der Waals surface area contributed by atoms with E-state index in [0.29, 0.717) is 6.42 Å². The second-order valence-electron chi connectivity index (χ2n) is 8.58. The maximum Gasteiger partial charge on any atom is 0.407 e. The molecule has 0 spiro atoms. The van der Waals surface area contributed by atoms with Crippen molar-refractivity contribution in [3.8, 4) is 11.1 Å². The number of benzene rings is 2. The van der Waals surface area contributed by atoms with E-state index in [1.807, 2.05) is 48.5 Å². The molecule has 2 aromatic rings. The fourth-order valence-corrected chi connectivity index (χ4v) is 4.35. The number of carbonyl (C=O) groups excluding carboxylic acids is 3. The van der Waals surface area contributed by atoms with Gasteiger partial charge in [0.1, 0.15) is 18.7 Å². The molecule has 6 N–H and O–H groups in total. The number of hydrogen-bond donors (Lipinski definition) is 4. The van der Waals surface area contributed by atoms with Crippen LogP contribution in [-0.2, 0) is 19.1 Å². The van der Waals surface area contributed by atoms with Crippen molar-refractivity contribution in [3.63, 3.8) is 0 Å². The molecule has 1 aliphatic rings. The fraction of sp³-hybridized carbons (Fsp3) is 0.333. The number of methoxy groups -OCH3 is 1. The predicted molar refractivity (Wildman–Crippen MR) is 148 cm³/mol. The molecule has 0 aromatic heterocycles. The molecule has 0 saturated heterocycles. The van der Waals surface area contributed by atoms with Gasteiger partial charge in [0.2, 0.25) is 5.91 Å². The number of hydrogen-bond acceptors (Lipinski definition) is 6. The van der Waals surface area contributed by atoms with E-state index in [9.17, 15) is 14.4 Å². The summed E-state index contributed by atoms with van der Waals surface area (Å²) in [6, 6.07) is 14.1. The molecule has 2 aromatic carbocycles. The summed E-state index contributed by atoms with van der Waals surface area (Å²) in [5, 5.41) is 5.23. The zero-order valence-electron chi connectivity index (χ0n) is 21.2. The van der Waals surface area contributed by atoms with Crippen molar-refractivity contribution in [1.82, 2.24) is 10.6 Å². The first kappa shape index (κ1) is 30.2. The Morgan fingerprint density at radius 2 is 1.63 bits per heavy atom. The van der Waals surface area contributed by atoms with Crippen LogP contribution in [0.1, 0.15) is 36.3 Å². The maximum absolute atomic E-state index is 13.0. The fourth-order valence-electron chi connectivity index (χ4n) is 4.35. The SMILES string of the molecule is C=CC[C@@H](NC(=O)[C@H](CCCN=C(N)N)NC(=O)OCC1c2ccccc2-c2ccccc21)C(=O)OC.Cl. The Labute approximate surface area is 228 Å². The monoisotopic (exact) mass is 543 g/mol. The third-order valence-electron chi connectivity index (χ3n) is 6.10. The summed E-state index contributed by atoms with van der Waals surface area (Å²) in [6.45, 7) is 3.97. The number of nitrogens with two attached hydrogens (primary N) is 2. The number of fused-ring (bicyclic) bond motifs is 3. The highest BCUT2D eigenvalue weighted by Crippen LogP contribution is 2.44. The Morgan fingerprint density at radius 1 is 1.03 bits per heavy atom. The molecular formula is C27H34ClN5O5. The van der Waals surface area contributed by atoms with E-state index in [1.54, 1.807) is 0 Å². The second-order valence-corrected chi connectivity index (χ2v) is 8.58. The Morgan fingerprint density at radius 3 is 2.18 bits per heavy atom. The van der Waals surface area contributed by atoms with Crippen LogP contribution in [0.4, 0.5) is 4.79 Å². The lowest BCUT2D eigenvalue weighted by Crippen LogP contribution is -2.52. The van der Waals surface area contributed by atoms with Crippen molar-refractivity contribution in [2.24, 2.45) is 16.5 Å². The molecule has 0 heterocycles. The number of halogens is 1. The van der Waals surface area contributed by atoms with Crippen LogP contribution in [0.25, 0.3) is 11.1 Å². The van der Waals surface area contributed by atoms with Crippen LogP contribution in [0.15, 0.2) is 66.2 Å². The highest BCUT2D eigenvalue weighted by atomic mass is 35.5. The molecule has 0 radical (unpaired) electrons. The van der Waals surface area contributed by atoms with Crippen LogP contribution >= 0.6 is 12.4 Å². The van der Waals surface area contributed by atoms with Gasteiger partial charge in [0.05, 0.1) is 7.11 Å². The van der Waals surface area contributed by atoms with E-state index < -0.39 is 30.1 Å². The third-order valence-corrected chi connectivity index (χ3v) is 6.10. The smallest absolute Gasteiger partial charge is 0.407 e. The second kappa shape index (κ2) is 14.6. The highest BCUT2D eigenvalue weighted by molar-refractivity contribution is 5.89. The molecule has 0 saturated carbocycles. The van der Waals surface area contributed by atoms with Crippen LogP contribution in [0, 0.1) is 0 Å². The van der Waals surface area contributed by atoms with Crippen LogP contribution < -0.4 is 22.1 Å². The highest BCUT2D eigenvalue weighted by Gasteiger charge is 2.30. The van der Waals surface area contributed by atoms with E-state index in [0.717, 1.165) is 22.3 Å². The van der Waals surface area contributed by atoms with Crippen molar-refractivity contribution >= 4 is 36.3 Å². The molecule has 0 aliphatic heterocycles. The number of amides is 2. The number of ether oxygens (including phenoxy) is 2. The van der Waals surface area contributed by atoms with Crippen LogP contribution in [0.5, 0.6) is 0 Å². The van der Waals surface area contributed by atoms with Gasteiger partial charge in [-0.2, -0.15) is 0 Å². The summed E-state index contributed by atoms with van der Waals surface area (Å²) in [4.78, 5) is 41.7. The van der Waals surface area contributed by atoms with Crippen molar-refractivity contribution in [1.29, 1.82) is 0 Å². The number of carbonyl (C=O) groups is 3. The zero-order valence-corrected chi connectivity index (χ0v) is 22.0. The van der Waals surface area contributed by atoms with Gasteiger partial charge in [-0.05, 0) is 41.5 Å². The molecule has 11 heteroatoms. The minimum absolute atomic E-state index is 0. The van der Waals surface area contributed by atoms with Gasteiger partial charge >= 0.3 is 12.1 Å². The molecule has 0 bridgehead atoms. The topological polar surface area (TPSA) is 158 Å². The molecule has 2 amide bonds. The molecule has 38 heavy (non-hydrogen) atoms. The lowest BCUT2D eigenvalue weighted by molar-refractivity contribution is -0.145. The third kappa shape index (κ3) is 7.72. The normalized spacial score (nSPS) is 13.0. The molecule has 3 rings (SSSR count). The summed E-state index contributed by atoms with van der Waals surface area (Å²) < 4.78 is 10.3. The standard InChI is InChI=1S/C27H33N5O5.ClH/c1-3-9-23(25(34)36-2)31-24(33)22(14-8-15-30-26(28)29)32-27(35)37-16-21-19-12-6-4-10-17(19)18-11-5-7-13-20(18)21;/h3-7,10-13,21-23H,1,8-9,14-16H2,2H3,(H,31,33)(H,32,35)(H4,28,29,30);1H/t22-,23+;/m0./s1.